The molecule has 0 aliphatic rings. The van der Waals surface area contributed by atoms with Gasteiger partial charge in [0.2, 0.25) is 10.0 Å². The van der Waals surface area contributed by atoms with Gasteiger partial charge < -0.3 is 9.73 Å². The molecule has 0 bridgehead atoms. The maximum atomic E-state index is 12.7. The van der Waals surface area contributed by atoms with Crippen LogP contribution in [0.2, 0.25) is 0 Å². The Kier molecular flexibility index (Phi) is 6.43. The van der Waals surface area contributed by atoms with E-state index in [-0.39, 0.29) is 16.9 Å². The second kappa shape index (κ2) is 7.42. The van der Waals surface area contributed by atoms with Crippen LogP contribution in [0.4, 0.5) is 0 Å². The van der Waals surface area contributed by atoms with Gasteiger partial charge >= 0.3 is 0 Å². The number of aryl methyl sites for hydroxylation is 1. The second-order valence-corrected chi connectivity index (χ2v) is 7.78. The molecule has 1 N–H and O–H groups in total. The summed E-state index contributed by atoms with van der Waals surface area (Å²) in [4.78, 5) is 0.269. The summed E-state index contributed by atoms with van der Waals surface area (Å²) < 4.78 is 32.4. The van der Waals surface area contributed by atoms with Gasteiger partial charge in [0.15, 0.2) is 0 Å². The molecule has 1 aromatic rings. The van der Waals surface area contributed by atoms with Crippen LogP contribution < -0.4 is 5.32 Å². The Morgan fingerprint density at radius 3 is 2.48 bits per heavy atom. The van der Waals surface area contributed by atoms with Gasteiger partial charge in [-0.15, -0.1) is 0 Å². The fourth-order valence-corrected chi connectivity index (χ4v) is 3.73. The zero-order valence-corrected chi connectivity index (χ0v) is 14.8. The van der Waals surface area contributed by atoms with E-state index < -0.39 is 10.0 Å². The smallest absolute Gasteiger partial charge is 0.246 e. The molecule has 0 amide bonds. The number of nitrogens with zero attached hydrogens (tertiary/aromatic N) is 1. The van der Waals surface area contributed by atoms with Gasteiger partial charge in [0.25, 0.3) is 0 Å². The Morgan fingerprint density at radius 1 is 1.33 bits per heavy atom. The molecule has 1 heterocycles. The van der Waals surface area contributed by atoms with E-state index >= 15 is 0 Å². The van der Waals surface area contributed by atoms with E-state index in [1.807, 2.05) is 20.8 Å². The van der Waals surface area contributed by atoms with Crippen LogP contribution in [0, 0.1) is 12.8 Å². The molecular formula is C15H28N2O3S. The van der Waals surface area contributed by atoms with Crippen molar-refractivity contribution in [3.63, 3.8) is 0 Å². The van der Waals surface area contributed by atoms with Crippen molar-refractivity contribution in [1.29, 1.82) is 0 Å². The Hall–Kier alpha value is -0.850. The first-order chi connectivity index (χ1) is 9.71. The van der Waals surface area contributed by atoms with Gasteiger partial charge in [-0.3, -0.25) is 0 Å². The van der Waals surface area contributed by atoms with Gasteiger partial charge in [0.1, 0.15) is 16.4 Å². The van der Waals surface area contributed by atoms with E-state index in [2.05, 4.69) is 12.2 Å². The van der Waals surface area contributed by atoms with Crippen LogP contribution in [0.5, 0.6) is 0 Å². The van der Waals surface area contributed by atoms with E-state index in [0.29, 0.717) is 18.1 Å². The summed E-state index contributed by atoms with van der Waals surface area (Å²) in [6.45, 7) is 11.2. The molecule has 0 fully saturated rings. The van der Waals surface area contributed by atoms with Gasteiger partial charge in [-0.05, 0) is 32.7 Å². The number of nitrogens with one attached hydrogen (secondary N) is 1. The highest BCUT2D eigenvalue weighted by Crippen LogP contribution is 2.25. The van der Waals surface area contributed by atoms with Gasteiger partial charge in [0, 0.05) is 19.2 Å². The summed E-state index contributed by atoms with van der Waals surface area (Å²) in [6.07, 6.45) is 1.03. The van der Waals surface area contributed by atoms with Gasteiger partial charge in [-0.1, -0.05) is 20.8 Å². The van der Waals surface area contributed by atoms with Crippen molar-refractivity contribution in [2.75, 3.05) is 13.6 Å². The Labute approximate surface area is 128 Å². The molecule has 0 saturated heterocycles. The summed E-state index contributed by atoms with van der Waals surface area (Å²) in [7, 11) is -1.89. The van der Waals surface area contributed by atoms with Crippen molar-refractivity contribution in [3.05, 3.63) is 17.6 Å². The molecule has 6 heteroatoms. The topological polar surface area (TPSA) is 62.6 Å². The number of rotatable bonds is 8. The maximum Gasteiger partial charge on any atom is 0.246 e. The van der Waals surface area contributed by atoms with Crippen LogP contribution >= 0.6 is 0 Å². The van der Waals surface area contributed by atoms with E-state index in [1.54, 1.807) is 20.0 Å². The van der Waals surface area contributed by atoms with Crippen molar-refractivity contribution < 1.29 is 12.8 Å². The van der Waals surface area contributed by atoms with Gasteiger partial charge in [-0.2, -0.15) is 4.31 Å². The second-order valence-electron chi connectivity index (χ2n) is 5.82. The first-order valence-electron chi connectivity index (χ1n) is 7.49. The predicted octanol–water partition coefficient (Wildman–Crippen LogP) is 2.75. The van der Waals surface area contributed by atoms with E-state index in [0.717, 1.165) is 13.0 Å². The number of furan rings is 1. The van der Waals surface area contributed by atoms with Gasteiger partial charge in [0.05, 0.1) is 6.54 Å². The maximum absolute atomic E-state index is 12.7. The van der Waals surface area contributed by atoms with Crippen molar-refractivity contribution in [2.24, 2.45) is 5.92 Å². The largest absolute Gasteiger partial charge is 0.464 e. The lowest BCUT2D eigenvalue weighted by Crippen LogP contribution is -2.38. The average Bonchev–Trinajstić information content (AvgIpc) is 2.79. The molecule has 0 spiro atoms. The molecule has 1 aromatic heterocycles. The minimum Gasteiger partial charge on any atom is -0.464 e. The lowest BCUT2D eigenvalue weighted by atomic mass is 10.1. The van der Waals surface area contributed by atoms with Crippen LogP contribution in [-0.2, 0) is 16.6 Å². The highest BCUT2D eigenvalue weighted by atomic mass is 32.2. The summed E-state index contributed by atoms with van der Waals surface area (Å²) in [5.41, 5.74) is 0. The highest BCUT2D eigenvalue weighted by molar-refractivity contribution is 7.89. The third kappa shape index (κ3) is 4.31. The molecule has 0 radical (unpaired) electrons. The number of hydrogen-bond acceptors (Lipinski definition) is 4. The zero-order valence-electron chi connectivity index (χ0n) is 13.9. The average molecular weight is 316 g/mol. The Morgan fingerprint density at radius 2 is 1.95 bits per heavy atom. The molecule has 0 aliphatic heterocycles. The molecule has 21 heavy (non-hydrogen) atoms. The first-order valence-corrected chi connectivity index (χ1v) is 8.93. The highest BCUT2D eigenvalue weighted by Gasteiger charge is 2.30. The van der Waals surface area contributed by atoms with E-state index in [4.69, 9.17) is 4.42 Å². The zero-order chi connectivity index (χ0) is 16.2. The third-order valence-electron chi connectivity index (χ3n) is 3.84. The summed E-state index contributed by atoms with van der Waals surface area (Å²) in [5, 5.41) is 3.21. The molecular weight excluding hydrogens is 288 g/mol. The predicted molar refractivity (Wildman–Crippen MR) is 84.7 cm³/mol. The summed E-state index contributed by atoms with van der Waals surface area (Å²) >= 11 is 0. The Balaban J connectivity index is 2.98. The summed E-state index contributed by atoms with van der Waals surface area (Å²) in [5.74, 6) is 1.36. The fourth-order valence-electron chi connectivity index (χ4n) is 2.05. The van der Waals surface area contributed by atoms with Crippen molar-refractivity contribution in [1.82, 2.24) is 9.62 Å². The molecule has 0 aliphatic carbocycles. The molecule has 1 unspecified atom stereocenters. The molecule has 0 aromatic carbocycles. The lowest BCUT2D eigenvalue weighted by Gasteiger charge is -2.26. The molecule has 0 saturated carbocycles. The monoisotopic (exact) mass is 316 g/mol. The normalized spacial score (nSPS) is 14.1. The fraction of sp³-hybridized carbons (Fsp3) is 0.733. The van der Waals surface area contributed by atoms with Crippen molar-refractivity contribution >= 4 is 10.0 Å². The summed E-state index contributed by atoms with van der Waals surface area (Å²) in [6, 6.07) is 1.57. The SMILES string of the molecule is CCCNCc1cc(S(=O)(=O)N(C)C(C)C(C)C)c(C)o1. The minimum absolute atomic E-state index is 0.0639. The lowest BCUT2D eigenvalue weighted by molar-refractivity contribution is 0.315. The van der Waals surface area contributed by atoms with Crippen LogP contribution in [0.25, 0.3) is 0 Å². The minimum atomic E-state index is -3.51. The quantitative estimate of drug-likeness (QED) is 0.749. The van der Waals surface area contributed by atoms with Crippen LogP contribution in [0.15, 0.2) is 15.4 Å². The van der Waals surface area contributed by atoms with E-state index in [1.165, 1.54) is 4.31 Å². The van der Waals surface area contributed by atoms with Crippen LogP contribution in [-0.4, -0.2) is 32.4 Å². The number of hydrogen-bond donors (Lipinski definition) is 1. The van der Waals surface area contributed by atoms with Crippen LogP contribution in [0.3, 0.4) is 0 Å². The molecule has 1 atom stereocenters. The Bertz CT molecular complexity index is 549. The van der Waals surface area contributed by atoms with Crippen LogP contribution in [0.1, 0.15) is 45.6 Å². The number of sulfonamides is 1. The molecule has 1 rings (SSSR count). The first kappa shape index (κ1) is 18.2. The van der Waals surface area contributed by atoms with Gasteiger partial charge in [-0.25, -0.2) is 8.42 Å². The molecule has 122 valence electrons. The van der Waals surface area contributed by atoms with E-state index in [9.17, 15) is 8.42 Å². The standard InChI is InChI=1S/C15H28N2O3S/c1-7-8-16-10-14-9-15(13(5)20-14)21(18,19)17(6)12(4)11(2)3/h9,11-12,16H,7-8,10H2,1-6H3. The molecule has 5 nitrogen and oxygen atoms in total. The van der Waals surface area contributed by atoms with Crippen molar-refractivity contribution in [3.8, 4) is 0 Å². The van der Waals surface area contributed by atoms with Crippen molar-refractivity contribution in [2.45, 2.75) is 58.5 Å². The third-order valence-corrected chi connectivity index (χ3v) is 5.90.